The van der Waals surface area contributed by atoms with Gasteiger partial charge in [-0.3, -0.25) is 14.7 Å². The predicted molar refractivity (Wildman–Crippen MR) is 97.4 cm³/mol. The van der Waals surface area contributed by atoms with Crippen LogP contribution in [0.1, 0.15) is 30.9 Å². The molecule has 3 heterocycles. The van der Waals surface area contributed by atoms with Gasteiger partial charge in [0.15, 0.2) is 0 Å². The zero-order valence-corrected chi connectivity index (χ0v) is 14.8. The van der Waals surface area contributed by atoms with Crippen LogP contribution < -0.4 is 14.4 Å². The zero-order chi connectivity index (χ0) is 17.9. The quantitative estimate of drug-likeness (QED) is 0.852. The maximum Gasteiger partial charge on any atom is 0.254 e. The fourth-order valence-electron chi connectivity index (χ4n) is 3.78. The fraction of sp³-hybridized carbons (Fsp3) is 0.350. The summed E-state index contributed by atoms with van der Waals surface area (Å²) in [7, 11) is 0. The van der Waals surface area contributed by atoms with Crippen LogP contribution in [0.2, 0.25) is 0 Å². The number of carbonyl (C=O) groups excluding carboxylic acids is 1. The maximum absolute atomic E-state index is 11.9. The lowest BCUT2D eigenvalue weighted by atomic mass is 9.95. The molecular weight excluding hydrogens is 330 g/mol. The van der Waals surface area contributed by atoms with Gasteiger partial charge in [0, 0.05) is 17.0 Å². The van der Waals surface area contributed by atoms with Gasteiger partial charge < -0.3 is 9.47 Å². The maximum atomic E-state index is 11.9. The highest BCUT2D eigenvalue weighted by atomic mass is 16.5. The van der Waals surface area contributed by atoms with Crippen molar-refractivity contribution in [2.24, 2.45) is 4.99 Å². The van der Waals surface area contributed by atoms with Crippen molar-refractivity contribution in [3.63, 3.8) is 0 Å². The molecular formula is C20H19N3O3. The molecule has 3 aliphatic rings. The monoisotopic (exact) mass is 349 g/mol. The summed E-state index contributed by atoms with van der Waals surface area (Å²) >= 11 is 0. The summed E-state index contributed by atoms with van der Waals surface area (Å²) in [6.45, 7) is 4.82. The molecule has 2 aromatic rings. The highest BCUT2D eigenvalue weighted by Crippen LogP contribution is 2.59. The highest BCUT2D eigenvalue weighted by Gasteiger charge is 2.53. The Balaban J connectivity index is 1.44. The van der Waals surface area contributed by atoms with Gasteiger partial charge >= 0.3 is 0 Å². The summed E-state index contributed by atoms with van der Waals surface area (Å²) < 4.78 is 12.0. The molecule has 1 aromatic carbocycles. The average molecular weight is 349 g/mol. The molecule has 2 aliphatic heterocycles. The van der Waals surface area contributed by atoms with Gasteiger partial charge in [-0.1, -0.05) is 6.07 Å². The van der Waals surface area contributed by atoms with Crippen LogP contribution in [0.4, 0.5) is 5.69 Å². The van der Waals surface area contributed by atoms with E-state index in [4.69, 9.17) is 9.47 Å². The molecule has 0 unspecified atom stereocenters. The second-order valence-electron chi connectivity index (χ2n) is 7.20. The number of aliphatic imine (C=N–C) groups is 1. The highest BCUT2D eigenvalue weighted by molar-refractivity contribution is 6.20. The molecule has 1 spiro atoms. The molecule has 0 bridgehead atoms. The Morgan fingerprint density at radius 2 is 2.04 bits per heavy atom. The Labute approximate surface area is 151 Å². The third kappa shape index (κ3) is 2.21. The standard InChI is InChI=1S/C20H19N3O3/c1-12-3-5-15(18-19(12)25-11-20(18)7-8-20)26-16-6-4-14(9-22-16)23-13(2)21-10-17(23)24/h3-6,9H,7-8,10-11H2,1-2H3. The lowest BCUT2D eigenvalue weighted by Crippen LogP contribution is -2.30. The Bertz CT molecular complexity index is 946. The second kappa shape index (κ2) is 5.30. The minimum absolute atomic E-state index is 0.0397. The molecule has 5 rings (SSSR count). The third-order valence-electron chi connectivity index (χ3n) is 5.40. The van der Waals surface area contributed by atoms with E-state index in [1.165, 1.54) is 5.56 Å². The van der Waals surface area contributed by atoms with E-state index in [2.05, 4.69) is 16.9 Å². The molecule has 1 saturated carbocycles. The minimum atomic E-state index is -0.0397. The normalized spacial score (nSPS) is 19.4. The number of nitrogens with zero attached hydrogens (tertiary/aromatic N) is 3. The molecule has 132 valence electrons. The van der Waals surface area contributed by atoms with E-state index in [0.717, 1.165) is 36.5 Å². The first kappa shape index (κ1) is 15.4. The molecule has 1 fully saturated rings. The number of hydrogen-bond acceptors (Lipinski definition) is 5. The summed E-state index contributed by atoms with van der Waals surface area (Å²) in [4.78, 5) is 22.1. The number of carbonyl (C=O) groups is 1. The van der Waals surface area contributed by atoms with Crippen molar-refractivity contribution in [2.75, 3.05) is 18.1 Å². The van der Waals surface area contributed by atoms with Crippen LogP contribution in [0.5, 0.6) is 17.4 Å². The Morgan fingerprint density at radius 1 is 1.19 bits per heavy atom. The van der Waals surface area contributed by atoms with Gasteiger partial charge in [0.1, 0.15) is 23.9 Å². The Hall–Kier alpha value is -2.89. The van der Waals surface area contributed by atoms with Gasteiger partial charge in [-0.15, -0.1) is 0 Å². The number of hydrogen-bond donors (Lipinski definition) is 0. The van der Waals surface area contributed by atoms with Crippen LogP contribution in [0, 0.1) is 6.92 Å². The number of ether oxygens (including phenoxy) is 2. The van der Waals surface area contributed by atoms with E-state index in [1.807, 2.05) is 25.1 Å². The number of fused-ring (bicyclic) bond motifs is 2. The van der Waals surface area contributed by atoms with Crippen molar-refractivity contribution in [3.8, 4) is 17.4 Å². The third-order valence-corrected chi connectivity index (χ3v) is 5.40. The summed E-state index contributed by atoms with van der Waals surface area (Å²) in [5, 5.41) is 0. The van der Waals surface area contributed by atoms with Gasteiger partial charge in [0.05, 0.1) is 18.5 Å². The number of aryl methyl sites for hydroxylation is 1. The smallest absolute Gasteiger partial charge is 0.254 e. The van der Waals surface area contributed by atoms with E-state index >= 15 is 0 Å². The molecule has 1 aliphatic carbocycles. The molecule has 6 heteroatoms. The average Bonchev–Trinajstić information content (AvgIpc) is 3.20. The first-order chi connectivity index (χ1) is 12.6. The van der Waals surface area contributed by atoms with Crippen molar-refractivity contribution >= 4 is 17.4 Å². The van der Waals surface area contributed by atoms with Gasteiger partial charge in [0.2, 0.25) is 5.88 Å². The zero-order valence-electron chi connectivity index (χ0n) is 14.8. The molecule has 1 amide bonds. The van der Waals surface area contributed by atoms with Crippen molar-refractivity contribution in [1.29, 1.82) is 0 Å². The molecule has 0 N–H and O–H groups in total. The second-order valence-corrected chi connectivity index (χ2v) is 7.20. The molecule has 6 nitrogen and oxygen atoms in total. The molecule has 0 saturated heterocycles. The number of benzene rings is 1. The molecule has 1 aromatic heterocycles. The molecule has 0 atom stereocenters. The lowest BCUT2D eigenvalue weighted by Gasteiger charge is -2.17. The van der Waals surface area contributed by atoms with Crippen LogP contribution in [0.3, 0.4) is 0 Å². The lowest BCUT2D eigenvalue weighted by molar-refractivity contribution is -0.115. The van der Waals surface area contributed by atoms with Crippen LogP contribution in [0.15, 0.2) is 35.5 Å². The van der Waals surface area contributed by atoms with E-state index in [1.54, 1.807) is 17.2 Å². The van der Waals surface area contributed by atoms with Crippen LogP contribution in [0.25, 0.3) is 0 Å². The van der Waals surface area contributed by atoms with E-state index in [-0.39, 0.29) is 17.9 Å². The SMILES string of the molecule is CC1=NCC(=O)N1c1ccc(Oc2ccc(C)c3c2C2(CC2)CO3)nc1. The first-order valence-corrected chi connectivity index (χ1v) is 8.82. The van der Waals surface area contributed by atoms with Crippen LogP contribution in [-0.2, 0) is 10.2 Å². The van der Waals surface area contributed by atoms with Crippen LogP contribution in [-0.4, -0.2) is 29.9 Å². The summed E-state index contributed by atoms with van der Waals surface area (Å²) in [6.07, 6.45) is 3.93. The predicted octanol–water partition coefficient (Wildman–Crippen LogP) is 3.37. The van der Waals surface area contributed by atoms with Gasteiger partial charge in [-0.2, -0.15) is 0 Å². The number of aromatic nitrogens is 1. The largest absolute Gasteiger partial charge is 0.492 e. The van der Waals surface area contributed by atoms with E-state index in [0.29, 0.717) is 17.4 Å². The molecule has 26 heavy (non-hydrogen) atoms. The number of pyridine rings is 1. The topological polar surface area (TPSA) is 64.0 Å². The van der Waals surface area contributed by atoms with Gasteiger partial charge in [0.25, 0.3) is 5.91 Å². The van der Waals surface area contributed by atoms with Crippen molar-refractivity contribution in [1.82, 2.24) is 4.98 Å². The minimum Gasteiger partial charge on any atom is -0.492 e. The number of rotatable bonds is 3. The van der Waals surface area contributed by atoms with E-state index in [9.17, 15) is 4.79 Å². The summed E-state index contributed by atoms with van der Waals surface area (Å²) in [5.74, 6) is 2.93. The van der Waals surface area contributed by atoms with Crippen LogP contribution >= 0.6 is 0 Å². The van der Waals surface area contributed by atoms with E-state index < -0.39 is 0 Å². The van der Waals surface area contributed by atoms with Crippen molar-refractivity contribution in [3.05, 3.63) is 41.6 Å². The number of amides is 1. The summed E-state index contributed by atoms with van der Waals surface area (Å²) in [5.41, 5.74) is 3.16. The first-order valence-electron chi connectivity index (χ1n) is 8.82. The number of anilines is 1. The summed E-state index contributed by atoms with van der Waals surface area (Å²) in [6, 6.07) is 7.64. The van der Waals surface area contributed by atoms with Gasteiger partial charge in [-0.25, -0.2) is 4.98 Å². The molecule has 0 radical (unpaired) electrons. The van der Waals surface area contributed by atoms with Crippen molar-refractivity contribution < 1.29 is 14.3 Å². The van der Waals surface area contributed by atoms with Crippen molar-refractivity contribution in [2.45, 2.75) is 32.1 Å². The van der Waals surface area contributed by atoms with Gasteiger partial charge in [-0.05, 0) is 44.4 Å². The fourth-order valence-corrected chi connectivity index (χ4v) is 3.78. The Morgan fingerprint density at radius 3 is 2.69 bits per heavy atom. The Kier molecular flexibility index (Phi) is 3.13. The number of amidine groups is 1.